The zero-order valence-electron chi connectivity index (χ0n) is 40.0. The van der Waals surface area contributed by atoms with Crippen LogP contribution < -0.4 is 5.73 Å². The first-order valence-corrected chi connectivity index (χ1v) is 27.7. The van der Waals surface area contributed by atoms with Crippen molar-refractivity contribution in [2.45, 2.75) is 277 Å². The number of phosphoric ester groups is 1. The molecule has 358 valence electrons. The Balaban J connectivity index is 3.88. The van der Waals surface area contributed by atoms with Crippen LogP contribution in [-0.2, 0) is 27.9 Å². The molecule has 0 heterocycles. The summed E-state index contributed by atoms with van der Waals surface area (Å²) in [7, 11) is -4.28. The summed E-state index contributed by atoms with van der Waals surface area (Å²) in [6, 6.07) is 0. The number of carbonyl (C=O) groups excluding carboxylic acids is 1. The fraction of sp³-hybridized carbons (Fsp3) is 0.941. The highest BCUT2D eigenvalue weighted by atomic mass is 31.2. The van der Waals surface area contributed by atoms with E-state index in [4.69, 9.17) is 24.3 Å². The second-order valence-corrected chi connectivity index (χ2v) is 19.2. The van der Waals surface area contributed by atoms with Gasteiger partial charge in [-0.15, -0.1) is 0 Å². The van der Waals surface area contributed by atoms with Gasteiger partial charge in [0.15, 0.2) is 0 Å². The van der Waals surface area contributed by atoms with Crippen LogP contribution >= 0.6 is 7.82 Å². The number of unbranched alkanes of at least 4 members (excludes halogenated alkanes) is 36. The first kappa shape index (κ1) is 59.2. The number of carbonyl (C=O) groups is 1. The number of allylic oxidation sites excluding steroid dienone is 2. The van der Waals surface area contributed by atoms with Crippen LogP contribution in [0.25, 0.3) is 0 Å². The summed E-state index contributed by atoms with van der Waals surface area (Å²) in [6.45, 7) is 4.98. The second-order valence-electron chi connectivity index (χ2n) is 17.7. The van der Waals surface area contributed by atoms with Crippen LogP contribution in [0.15, 0.2) is 12.2 Å². The molecule has 0 aliphatic heterocycles. The van der Waals surface area contributed by atoms with Gasteiger partial charge in [-0.3, -0.25) is 13.8 Å². The average Bonchev–Trinajstić information content (AvgIpc) is 3.24. The standard InChI is InChI=1S/C51H102NO7P/c1-3-5-7-9-11-13-15-17-19-21-23-24-25-26-27-28-30-32-34-36-38-40-42-44-51(53)59-50(49-58-60(54,55)57-47-45-52)48-56-46-43-41-39-37-35-33-31-29-22-20-18-16-14-12-10-8-6-4-2/h18,20,50H,3-17,19,21-49,52H2,1-2H3,(H,54,55)/b20-18-. The highest BCUT2D eigenvalue weighted by Gasteiger charge is 2.25. The number of esters is 1. The van der Waals surface area contributed by atoms with Gasteiger partial charge >= 0.3 is 13.8 Å². The van der Waals surface area contributed by atoms with E-state index in [1.807, 2.05) is 0 Å². The lowest BCUT2D eigenvalue weighted by Crippen LogP contribution is -2.28. The molecule has 0 saturated carbocycles. The molecule has 0 bridgehead atoms. The zero-order valence-corrected chi connectivity index (χ0v) is 40.9. The highest BCUT2D eigenvalue weighted by Crippen LogP contribution is 2.43. The predicted molar refractivity (Wildman–Crippen MR) is 257 cm³/mol. The third-order valence-corrected chi connectivity index (χ3v) is 12.7. The van der Waals surface area contributed by atoms with Crippen LogP contribution in [0.2, 0.25) is 0 Å². The van der Waals surface area contributed by atoms with E-state index in [0.717, 1.165) is 32.1 Å². The average molecular weight is 872 g/mol. The van der Waals surface area contributed by atoms with Crippen molar-refractivity contribution in [2.24, 2.45) is 5.73 Å². The fourth-order valence-electron chi connectivity index (χ4n) is 7.82. The van der Waals surface area contributed by atoms with E-state index in [-0.39, 0.29) is 32.3 Å². The molecule has 0 rings (SSSR count). The first-order valence-electron chi connectivity index (χ1n) is 26.2. The Morgan fingerprint density at radius 3 is 1.22 bits per heavy atom. The maximum absolute atomic E-state index is 12.7. The molecule has 0 fully saturated rings. The lowest BCUT2D eigenvalue weighted by molar-refractivity contribution is -0.154. The van der Waals surface area contributed by atoms with Crippen LogP contribution in [0.1, 0.15) is 271 Å². The van der Waals surface area contributed by atoms with E-state index in [1.165, 1.54) is 218 Å². The van der Waals surface area contributed by atoms with Crippen LogP contribution in [-0.4, -0.2) is 49.9 Å². The molecule has 0 saturated heterocycles. The molecule has 0 aromatic rings. The quantitative estimate of drug-likeness (QED) is 0.0269. The molecule has 0 amide bonds. The third-order valence-electron chi connectivity index (χ3n) is 11.7. The molecule has 2 unspecified atom stereocenters. The van der Waals surface area contributed by atoms with E-state index in [9.17, 15) is 14.3 Å². The minimum absolute atomic E-state index is 0.0923. The smallest absolute Gasteiger partial charge is 0.457 e. The SMILES string of the molecule is CCCCCCCC/C=C\CCCCCCCCCCOCC(COP(=O)(O)OCCN)OC(=O)CCCCCCCCCCCCCCCCCCCCCCCCC. The molecule has 0 spiro atoms. The summed E-state index contributed by atoms with van der Waals surface area (Å²) in [6.07, 6.45) is 55.3. The summed E-state index contributed by atoms with van der Waals surface area (Å²) in [5, 5.41) is 0. The molecular formula is C51H102NO7P. The number of nitrogens with two attached hydrogens (primary N) is 1. The van der Waals surface area contributed by atoms with Crippen molar-refractivity contribution >= 4 is 13.8 Å². The van der Waals surface area contributed by atoms with Gasteiger partial charge in [0, 0.05) is 19.6 Å². The molecule has 0 aliphatic rings. The van der Waals surface area contributed by atoms with Gasteiger partial charge in [0.1, 0.15) is 6.10 Å². The van der Waals surface area contributed by atoms with Crippen molar-refractivity contribution in [1.29, 1.82) is 0 Å². The Morgan fingerprint density at radius 2 is 0.833 bits per heavy atom. The monoisotopic (exact) mass is 872 g/mol. The van der Waals surface area contributed by atoms with E-state index in [2.05, 4.69) is 26.0 Å². The highest BCUT2D eigenvalue weighted by molar-refractivity contribution is 7.47. The Morgan fingerprint density at radius 1 is 0.483 bits per heavy atom. The van der Waals surface area contributed by atoms with Gasteiger partial charge in [-0.05, 0) is 38.5 Å². The van der Waals surface area contributed by atoms with E-state index in [1.54, 1.807) is 0 Å². The molecule has 0 aromatic heterocycles. The molecule has 9 heteroatoms. The van der Waals surface area contributed by atoms with Crippen molar-refractivity contribution in [3.63, 3.8) is 0 Å². The van der Waals surface area contributed by atoms with Gasteiger partial charge in [-0.2, -0.15) is 0 Å². The normalized spacial score (nSPS) is 13.3. The maximum atomic E-state index is 12.7. The van der Waals surface area contributed by atoms with Gasteiger partial charge in [0.05, 0.1) is 19.8 Å². The van der Waals surface area contributed by atoms with Gasteiger partial charge in [0.25, 0.3) is 0 Å². The van der Waals surface area contributed by atoms with E-state index in [0.29, 0.717) is 13.0 Å². The van der Waals surface area contributed by atoms with Crippen molar-refractivity contribution in [3.05, 3.63) is 12.2 Å². The van der Waals surface area contributed by atoms with Gasteiger partial charge < -0.3 is 20.1 Å². The number of hydrogen-bond donors (Lipinski definition) is 2. The summed E-state index contributed by atoms with van der Waals surface area (Å²) >= 11 is 0. The maximum Gasteiger partial charge on any atom is 0.472 e. The molecule has 3 N–H and O–H groups in total. The Hall–Kier alpha value is -0.760. The van der Waals surface area contributed by atoms with Crippen molar-refractivity contribution in [1.82, 2.24) is 0 Å². The van der Waals surface area contributed by atoms with Crippen LogP contribution in [0, 0.1) is 0 Å². The largest absolute Gasteiger partial charge is 0.472 e. The van der Waals surface area contributed by atoms with Gasteiger partial charge in [-0.1, -0.05) is 238 Å². The molecule has 8 nitrogen and oxygen atoms in total. The van der Waals surface area contributed by atoms with Crippen LogP contribution in [0.3, 0.4) is 0 Å². The zero-order chi connectivity index (χ0) is 43.7. The van der Waals surface area contributed by atoms with Crippen molar-refractivity contribution in [2.75, 3.05) is 33.0 Å². The molecule has 60 heavy (non-hydrogen) atoms. The van der Waals surface area contributed by atoms with Gasteiger partial charge in [0.2, 0.25) is 0 Å². The lowest BCUT2D eigenvalue weighted by atomic mass is 10.0. The van der Waals surface area contributed by atoms with E-state index >= 15 is 0 Å². The summed E-state index contributed by atoms with van der Waals surface area (Å²) < 4.78 is 33.6. The molecule has 0 radical (unpaired) electrons. The Bertz CT molecular complexity index is 935. The number of hydrogen-bond acceptors (Lipinski definition) is 7. The van der Waals surface area contributed by atoms with Crippen LogP contribution in [0.5, 0.6) is 0 Å². The minimum atomic E-state index is -4.28. The summed E-state index contributed by atoms with van der Waals surface area (Å²) in [5.41, 5.74) is 5.39. The lowest BCUT2D eigenvalue weighted by Gasteiger charge is -2.20. The number of rotatable bonds is 51. The Kier molecular flexibility index (Phi) is 48.6. The molecular weight excluding hydrogens is 770 g/mol. The number of phosphoric acid groups is 1. The predicted octanol–water partition coefficient (Wildman–Crippen LogP) is 16.2. The molecule has 0 aromatic carbocycles. The molecule has 0 aliphatic carbocycles. The Labute approximate surface area is 373 Å². The summed E-state index contributed by atoms with van der Waals surface area (Å²) in [5.74, 6) is -0.324. The molecule has 2 atom stereocenters. The minimum Gasteiger partial charge on any atom is -0.457 e. The fourth-order valence-corrected chi connectivity index (χ4v) is 8.58. The van der Waals surface area contributed by atoms with Crippen LogP contribution in [0.4, 0.5) is 0 Å². The van der Waals surface area contributed by atoms with Gasteiger partial charge in [-0.25, -0.2) is 4.57 Å². The van der Waals surface area contributed by atoms with Crippen molar-refractivity contribution < 1.29 is 32.8 Å². The second kappa shape index (κ2) is 49.3. The van der Waals surface area contributed by atoms with E-state index < -0.39 is 13.9 Å². The topological polar surface area (TPSA) is 117 Å². The first-order chi connectivity index (χ1) is 29.4. The third kappa shape index (κ3) is 48.3. The summed E-state index contributed by atoms with van der Waals surface area (Å²) in [4.78, 5) is 22.6. The number of ether oxygens (including phenoxy) is 2. The van der Waals surface area contributed by atoms with Crippen molar-refractivity contribution in [3.8, 4) is 0 Å².